The number of amides is 2. The molecule has 1 atom stereocenters. The van der Waals surface area contributed by atoms with E-state index in [2.05, 4.69) is 10.6 Å². The summed E-state index contributed by atoms with van der Waals surface area (Å²) < 4.78 is 27.6. The van der Waals surface area contributed by atoms with Gasteiger partial charge in [0.1, 0.15) is 0 Å². The molecule has 1 aliphatic heterocycles. The Morgan fingerprint density at radius 3 is 2.38 bits per heavy atom. The predicted molar refractivity (Wildman–Crippen MR) is 111 cm³/mol. The average Bonchev–Trinajstić information content (AvgIpc) is 2.74. The minimum atomic E-state index is -3.65. The van der Waals surface area contributed by atoms with Gasteiger partial charge < -0.3 is 10.6 Å². The van der Waals surface area contributed by atoms with E-state index >= 15 is 0 Å². The van der Waals surface area contributed by atoms with E-state index in [1.807, 2.05) is 6.92 Å². The Labute approximate surface area is 171 Å². The molecule has 2 amide bonds. The summed E-state index contributed by atoms with van der Waals surface area (Å²) in [5.41, 5.74) is 1.25. The minimum absolute atomic E-state index is 0.0509. The van der Waals surface area contributed by atoms with Crippen LogP contribution in [0.2, 0.25) is 0 Å². The van der Waals surface area contributed by atoms with Crippen molar-refractivity contribution in [3.05, 3.63) is 59.7 Å². The van der Waals surface area contributed by atoms with E-state index in [4.69, 9.17) is 0 Å². The highest BCUT2D eigenvalue weighted by atomic mass is 32.2. The molecule has 0 spiro atoms. The molecule has 1 saturated heterocycles. The van der Waals surface area contributed by atoms with E-state index in [-0.39, 0.29) is 22.4 Å². The highest BCUT2D eigenvalue weighted by Crippen LogP contribution is 2.25. The molecule has 2 aromatic rings. The van der Waals surface area contributed by atoms with Crippen molar-refractivity contribution in [3.63, 3.8) is 0 Å². The average molecular weight is 416 g/mol. The molecule has 1 fully saturated rings. The fourth-order valence-electron chi connectivity index (χ4n) is 3.41. The third kappa shape index (κ3) is 4.65. The Bertz CT molecular complexity index is 1000. The van der Waals surface area contributed by atoms with Gasteiger partial charge in [-0.25, -0.2) is 8.42 Å². The minimum Gasteiger partial charge on any atom is -0.355 e. The maximum Gasteiger partial charge on any atom is 0.255 e. The summed E-state index contributed by atoms with van der Waals surface area (Å²) in [7, 11) is -2.10. The van der Waals surface area contributed by atoms with Gasteiger partial charge in [0.15, 0.2) is 0 Å². The third-order valence-electron chi connectivity index (χ3n) is 5.08. The SMILES string of the molecule is CNC(=O)c1ccc(NC(=O)c2cccc(S(=O)(=O)N3CCCC[C@H]3C)c2)cc1. The van der Waals surface area contributed by atoms with E-state index in [1.54, 1.807) is 43.4 Å². The van der Waals surface area contributed by atoms with Crippen LogP contribution in [0.5, 0.6) is 0 Å². The maximum absolute atomic E-state index is 13.0. The summed E-state index contributed by atoms with van der Waals surface area (Å²) in [5, 5.41) is 5.26. The van der Waals surface area contributed by atoms with Crippen LogP contribution in [0.15, 0.2) is 53.4 Å². The molecule has 0 unspecified atom stereocenters. The van der Waals surface area contributed by atoms with Crippen molar-refractivity contribution < 1.29 is 18.0 Å². The number of hydrogen-bond donors (Lipinski definition) is 2. The first-order valence-corrected chi connectivity index (χ1v) is 11.0. The number of carbonyl (C=O) groups is 2. The molecule has 0 bridgehead atoms. The van der Waals surface area contributed by atoms with E-state index < -0.39 is 15.9 Å². The van der Waals surface area contributed by atoms with Gasteiger partial charge in [-0.05, 0) is 62.2 Å². The molecule has 3 rings (SSSR count). The number of anilines is 1. The summed E-state index contributed by atoms with van der Waals surface area (Å²) in [6, 6.07) is 12.5. The van der Waals surface area contributed by atoms with Crippen LogP contribution >= 0.6 is 0 Å². The molecule has 2 N–H and O–H groups in total. The lowest BCUT2D eigenvalue weighted by atomic mass is 10.1. The van der Waals surface area contributed by atoms with Crippen LogP contribution in [-0.2, 0) is 10.0 Å². The first kappa shape index (κ1) is 21.0. The highest BCUT2D eigenvalue weighted by Gasteiger charge is 2.31. The van der Waals surface area contributed by atoms with Crippen LogP contribution in [0.25, 0.3) is 0 Å². The number of nitrogens with one attached hydrogen (secondary N) is 2. The molecular formula is C21H25N3O4S. The smallest absolute Gasteiger partial charge is 0.255 e. The lowest BCUT2D eigenvalue weighted by Crippen LogP contribution is -2.41. The molecular weight excluding hydrogens is 390 g/mol. The fourth-order valence-corrected chi connectivity index (χ4v) is 5.16. The van der Waals surface area contributed by atoms with Crippen LogP contribution < -0.4 is 10.6 Å². The summed E-state index contributed by atoms with van der Waals surface area (Å²) >= 11 is 0. The predicted octanol–water partition coefficient (Wildman–Crippen LogP) is 2.86. The zero-order valence-corrected chi connectivity index (χ0v) is 17.3. The van der Waals surface area contributed by atoms with E-state index in [0.717, 1.165) is 19.3 Å². The normalized spacial score (nSPS) is 17.5. The monoisotopic (exact) mass is 415 g/mol. The van der Waals surface area contributed by atoms with Crippen molar-refractivity contribution in [1.29, 1.82) is 0 Å². The van der Waals surface area contributed by atoms with E-state index in [1.165, 1.54) is 16.4 Å². The van der Waals surface area contributed by atoms with Crippen LogP contribution in [0, 0.1) is 0 Å². The van der Waals surface area contributed by atoms with Gasteiger partial charge in [0.05, 0.1) is 4.90 Å². The molecule has 1 heterocycles. The summed E-state index contributed by atoms with van der Waals surface area (Å²) in [6.07, 6.45) is 2.70. The lowest BCUT2D eigenvalue weighted by molar-refractivity contribution is 0.0962. The highest BCUT2D eigenvalue weighted by molar-refractivity contribution is 7.89. The van der Waals surface area contributed by atoms with Gasteiger partial charge in [-0.15, -0.1) is 0 Å². The van der Waals surface area contributed by atoms with Crippen molar-refractivity contribution in [1.82, 2.24) is 9.62 Å². The Balaban J connectivity index is 1.78. The van der Waals surface area contributed by atoms with Gasteiger partial charge >= 0.3 is 0 Å². The summed E-state index contributed by atoms with van der Waals surface area (Å²) in [6.45, 7) is 2.41. The Morgan fingerprint density at radius 1 is 1.00 bits per heavy atom. The van der Waals surface area contributed by atoms with Crippen LogP contribution in [0.1, 0.15) is 46.9 Å². The second kappa shape index (κ2) is 8.75. The molecule has 154 valence electrons. The van der Waals surface area contributed by atoms with Gasteiger partial charge in [-0.3, -0.25) is 9.59 Å². The molecule has 2 aromatic carbocycles. The number of benzene rings is 2. The van der Waals surface area contributed by atoms with Gasteiger partial charge in [-0.2, -0.15) is 4.31 Å². The first-order chi connectivity index (χ1) is 13.8. The van der Waals surface area contributed by atoms with Crippen molar-refractivity contribution in [2.45, 2.75) is 37.1 Å². The van der Waals surface area contributed by atoms with Gasteiger partial charge in [0.2, 0.25) is 10.0 Å². The van der Waals surface area contributed by atoms with Crippen molar-refractivity contribution in [2.24, 2.45) is 0 Å². The summed E-state index contributed by atoms with van der Waals surface area (Å²) in [5.74, 6) is -0.630. The second-order valence-corrected chi connectivity index (χ2v) is 8.99. The van der Waals surface area contributed by atoms with Gasteiger partial charge in [-0.1, -0.05) is 12.5 Å². The van der Waals surface area contributed by atoms with Crippen molar-refractivity contribution in [3.8, 4) is 0 Å². The van der Waals surface area contributed by atoms with Crippen LogP contribution in [0.4, 0.5) is 5.69 Å². The molecule has 1 aliphatic rings. The second-order valence-electron chi connectivity index (χ2n) is 7.10. The zero-order chi connectivity index (χ0) is 21.0. The molecule has 8 heteroatoms. The number of piperidine rings is 1. The topological polar surface area (TPSA) is 95.6 Å². The number of sulfonamides is 1. The largest absolute Gasteiger partial charge is 0.355 e. The van der Waals surface area contributed by atoms with E-state index in [9.17, 15) is 18.0 Å². The number of nitrogens with zero attached hydrogens (tertiary/aromatic N) is 1. The molecule has 29 heavy (non-hydrogen) atoms. The van der Waals surface area contributed by atoms with Crippen LogP contribution in [0.3, 0.4) is 0 Å². The van der Waals surface area contributed by atoms with Crippen molar-refractivity contribution in [2.75, 3.05) is 18.9 Å². The Kier molecular flexibility index (Phi) is 6.34. The maximum atomic E-state index is 13.0. The standard InChI is InChI=1S/C21H25N3O4S/c1-15-6-3-4-13-24(15)29(27,28)19-8-5-7-17(14-19)21(26)23-18-11-9-16(10-12-18)20(25)22-2/h5,7-12,14-15H,3-4,6,13H2,1-2H3,(H,22,25)(H,23,26)/t15-/m1/s1. The lowest BCUT2D eigenvalue weighted by Gasteiger charge is -2.32. The Hall–Kier alpha value is -2.71. The van der Waals surface area contributed by atoms with E-state index in [0.29, 0.717) is 17.8 Å². The van der Waals surface area contributed by atoms with Crippen molar-refractivity contribution >= 4 is 27.5 Å². The van der Waals surface area contributed by atoms with Gasteiger partial charge in [0, 0.05) is 36.4 Å². The van der Waals surface area contributed by atoms with Crippen LogP contribution in [-0.4, -0.2) is 44.2 Å². The summed E-state index contributed by atoms with van der Waals surface area (Å²) in [4.78, 5) is 24.3. The quantitative estimate of drug-likeness (QED) is 0.785. The zero-order valence-electron chi connectivity index (χ0n) is 16.5. The molecule has 0 aliphatic carbocycles. The molecule has 0 saturated carbocycles. The number of hydrogen-bond acceptors (Lipinski definition) is 4. The molecule has 0 radical (unpaired) electrons. The Morgan fingerprint density at radius 2 is 1.72 bits per heavy atom. The molecule has 0 aromatic heterocycles. The number of rotatable bonds is 5. The third-order valence-corrected chi connectivity index (χ3v) is 7.09. The fraction of sp³-hybridized carbons (Fsp3) is 0.333. The number of carbonyl (C=O) groups excluding carboxylic acids is 2. The first-order valence-electron chi connectivity index (χ1n) is 9.58. The van der Waals surface area contributed by atoms with Gasteiger partial charge in [0.25, 0.3) is 11.8 Å². The molecule has 7 nitrogen and oxygen atoms in total.